The van der Waals surface area contributed by atoms with Crippen LogP contribution < -0.4 is 0 Å². The average molecular weight is 424 g/mol. The Morgan fingerprint density at radius 2 is 1.06 bits per heavy atom. The molecule has 0 unspecified atom stereocenters. The maximum atomic E-state index is 13.1. The molecule has 4 amide bonds. The SMILES string of the molecule is CCCCN(CN1C(=O)[C@@H]2[C@H](C1=O)[C@@H]1C=C[C@H]2C1)CN1C(=O)[C@@H]2[C@H](C1=O)[C@H]1C=C[C@H]2C1. The fourth-order valence-electron chi connectivity index (χ4n) is 7.17. The van der Waals surface area contributed by atoms with E-state index in [2.05, 4.69) is 31.2 Å². The number of carbonyl (C=O) groups excluding carboxylic acids is 4. The number of carbonyl (C=O) groups is 4. The molecule has 164 valence electrons. The van der Waals surface area contributed by atoms with Crippen molar-refractivity contribution in [1.82, 2.24) is 14.7 Å². The molecule has 4 fully saturated rings. The monoisotopic (exact) mass is 423 g/mol. The number of rotatable bonds is 7. The van der Waals surface area contributed by atoms with Crippen molar-refractivity contribution in [2.75, 3.05) is 19.9 Å². The van der Waals surface area contributed by atoms with Crippen LogP contribution in [0.2, 0.25) is 0 Å². The lowest BCUT2D eigenvalue weighted by molar-refractivity contribution is -0.146. The Hall–Kier alpha value is -2.28. The molecule has 0 radical (unpaired) electrons. The van der Waals surface area contributed by atoms with E-state index in [0.29, 0.717) is 6.54 Å². The summed E-state index contributed by atoms with van der Waals surface area (Å²) in [6, 6.07) is 0. The van der Waals surface area contributed by atoms with Gasteiger partial charge in [0.2, 0.25) is 23.6 Å². The molecule has 7 heteroatoms. The lowest BCUT2D eigenvalue weighted by atomic mass is 9.85. The molecule has 7 nitrogen and oxygen atoms in total. The Morgan fingerprint density at radius 1 is 0.710 bits per heavy atom. The molecular formula is C24H29N3O4. The van der Waals surface area contributed by atoms with E-state index in [9.17, 15) is 19.2 Å². The standard InChI is InChI=1S/C24H29N3O4/c1-2-3-8-25(11-26-21(28)17-13-4-5-14(9-13)18(17)22(26)29)12-27-23(30)19-15-6-7-16(10-15)20(19)24(27)31/h4-7,13-20H,2-3,8-12H2,1H3/t13-,14-,15-,16+,17-,18+,19-,20+/m0/s1. The van der Waals surface area contributed by atoms with Crippen molar-refractivity contribution in [3.63, 3.8) is 0 Å². The summed E-state index contributed by atoms with van der Waals surface area (Å²) in [5.74, 6) is -0.434. The van der Waals surface area contributed by atoms with Crippen LogP contribution in [0.5, 0.6) is 0 Å². The van der Waals surface area contributed by atoms with E-state index in [1.165, 1.54) is 9.80 Å². The van der Waals surface area contributed by atoms with E-state index in [1.54, 1.807) is 0 Å². The number of amides is 4. The molecule has 6 rings (SSSR count). The second kappa shape index (κ2) is 6.86. The fourth-order valence-corrected chi connectivity index (χ4v) is 7.17. The summed E-state index contributed by atoms with van der Waals surface area (Å²) in [7, 11) is 0. The highest BCUT2D eigenvalue weighted by atomic mass is 16.2. The predicted molar refractivity (Wildman–Crippen MR) is 110 cm³/mol. The van der Waals surface area contributed by atoms with Crippen LogP contribution in [0.1, 0.15) is 32.6 Å². The summed E-state index contributed by atoms with van der Waals surface area (Å²) in [5.41, 5.74) is 0. The topological polar surface area (TPSA) is 78.0 Å². The van der Waals surface area contributed by atoms with Crippen LogP contribution in [0.4, 0.5) is 0 Å². The maximum Gasteiger partial charge on any atom is 0.234 e. The Bertz CT molecular complexity index is 796. The molecular weight excluding hydrogens is 394 g/mol. The molecule has 8 atom stereocenters. The fraction of sp³-hybridized carbons (Fsp3) is 0.667. The first-order valence-electron chi connectivity index (χ1n) is 11.8. The van der Waals surface area contributed by atoms with Crippen LogP contribution in [0.3, 0.4) is 0 Å². The minimum atomic E-state index is -0.216. The zero-order valence-corrected chi connectivity index (χ0v) is 17.9. The van der Waals surface area contributed by atoms with Crippen LogP contribution in [0.25, 0.3) is 0 Å². The highest BCUT2D eigenvalue weighted by molar-refractivity contribution is 6.07. The third kappa shape index (κ3) is 2.62. The van der Waals surface area contributed by atoms with E-state index in [4.69, 9.17) is 0 Å². The highest BCUT2D eigenvalue weighted by Crippen LogP contribution is 2.53. The van der Waals surface area contributed by atoms with E-state index in [1.807, 2.05) is 4.90 Å². The molecule has 4 aliphatic carbocycles. The van der Waals surface area contributed by atoms with Crippen molar-refractivity contribution < 1.29 is 19.2 Å². The first-order chi connectivity index (χ1) is 15.0. The number of allylic oxidation sites excluding steroid dienone is 4. The lowest BCUT2D eigenvalue weighted by Crippen LogP contribution is -2.49. The molecule has 0 aromatic heterocycles. The van der Waals surface area contributed by atoms with E-state index in [0.717, 1.165) is 25.7 Å². The largest absolute Gasteiger partial charge is 0.274 e. The van der Waals surface area contributed by atoms with Gasteiger partial charge < -0.3 is 0 Å². The van der Waals surface area contributed by atoms with Crippen molar-refractivity contribution >= 4 is 23.6 Å². The molecule has 0 aromatic rings. The summed E-state index contributed by atoms with van der Waals surface area (Å²) in [4.78, 5) is 57.2. The van der Waals surface area contributed by atoms with Gasteiger partial charge in [0, 0.05) is 6.54 Å². The van der Waals surface area contributed by atoms with Gasteiger partial charge in [0.15, 0.2) is 0 Å². The van der Waals surface area contributed by atoms with Gasteiger partial charge in [-0.3, -0.25) is 33.9 Å². The molecule has 2 aliphatic heterocycles. The van der Waals surface area contributed by atoms with Gasteiger partial charge in [0.25, 0.3) is 0 Å². The first-order valence-corrected chi connectivity index (χ1v) is 11.8. The number of hydrogen-bond donors (Lipinski definition) is 0. The number of hydrogen-bond acceptors (Lipinski definition) is 5. The summed E-state index contributed by atoms with van der Waals surface area (Å²) >= 11 is 0. The predicted octanol–water partition coefficient (Wildman–Crippen LogP) is 1.62. The van der Waals surface area contributed by atoms with Crippen LogP contribution in [-0.2, 0) is 19.2 Å². The lowest BCUT2D eigenvalue weighted by Gasteiger charge is -2.31. The second-order valence-electron chi connectivity index (χ2n) is 10.2. The van der Waals surface area contributed by atoms with Gasteiger partial charge in [0.1, 0.15) is 0 Å². The van der Waals surface area contributed by atoms with Gasteiger partial charge in [-0.05, 0) is 42.9 Å². The van der Waals surface area contributed by atoms with E-state index < -0.39 is 0 Å². The normalized spacial score (nSPS) is 41.6. The Morgan fingerprint density at radius 3 is 1.39 bits per heavy atom. The summed E-state index contributed by atoms with van der Waals surface area (Å²) in [6.45, 7) is 3.06. The van der Waals surface area contributed by atoms with Crippen molar-refractivity contribution in [3.05, 3.63) is 24.3 Å². The molecule has 2 saturated heterocycles. The van der Waals surface area contributed by atoms with Crippen molar-refractivity contribution in [2.24, 2.45) is 47.3 Å². The van der Waals surface area contributed by atoms with Crippen LogP contribution in [0.15, 0.2) is 24.3 Å². The smallest absolute Gasteiger partial charge is 0.234 e. The summed E-state index contributed by atoms with van der Waals surface area (Å²) in [6.07, 6.45) is 12.0. The zero-order chi connectivity index (χ0) is 21.4. The molecule has 2 heterocycles. The third-order valence-corrected chi connectivity index (χ3v) is 8.63. The highest BCUT2D eigenvalue weighted by Gasteiger charge is 2.61. The molecule has 6 aliphatic rings. The van der Waals surface area contributed by atoms with Gasteiger partial charge in [-0.2, -0.15) is 0 Å². The minimum Gasteiger partial charge on any atom is -0.274 e. The molecule has 2 saturated carbocycles. The quantitative estimate of drug-likeness (QED) is 0.459. The Labute approximate surface area is 182 Å². The number of fused-ring (bicyclic) bond motifs is 10. The Kier molecular flexibility index (Phi) is 4.29. The van der Waals surface area contributed by atoms with Crippen LogP contribution in [-0.4, -0.2) is 58.2 Å². The van der Waals surface area contributed by atoms with Gasteiger partial charge in [0.05, 0.1) is 37.0 Å². The van der Waals surface area contributed by atoms with E-state index in [-0.39, 0.29) is 84.3 Å². The average Bonchev–Trinajstić information content (AvgIpc) is 3.59. The molecule has 4 bridgehead atoms. The molecule has 31 heavy (non-hydrogen) atoms. The first kappa shape index (κ1) is 19.4. The molecule has 0 aromatic carbocycles. The summed E-state index contributed by atoms with van der Waals surface area (Å²) < 4.78 is 0. The number of unbranched alkanes of at least 4 members (excludes halogenated alkanes) is 1. The maximum absolute atomic E-state index is 13.1. The van der Waals surface area contributed by atoms with Crippen LogP contribution >= 0.6 is 0 Å². The zero-order valence-electron chi connectivity index (χ0n) is 17.9. The summed E-state index contributed by atoms with van der Waals surface area (Å²) in [5, 5.41) is 0. The molecule has 0 N–H and O–H groups in total. The number of nitrogens with zero attached hydrogens (tertiary/aromatic N) is 3. The Balaban J connectivity index is 1.19. The molecule has 0 spiro atoms. The third-order valence-electron chi connectivity index (χ3n) is 8.63. The number of imide groups is 2. The van der Waals surface area contributed by atoms with Gasteiger partial charge in [-0.25, -0.2) is 0 Å². The van der Waals surface area contributed by atoms with E-state index >= 15 is 0 Å². The second-order valence-corrected chi connectivity index (χ2v) is 10.2. The van der Waals surface area contributed by atoms with Crippen molar-refractivity contribution in [2.45, 2.75) is 32.6 Å². The van der Waals surface area contributed by atoms with Crippen LogP contribution in [0, 0.1) is 47.3 Å². The van der Waals surface area contributed by atoms with Crippen molar-refractivity contribution in [3.8, 4) is 0 Å². The minimum absolute atomic E-state index is 0.0773. The van der Waals surface area contributed by atoms with Gasteiger partial charge in [-0.15, -0.1) is 0 Å². The van der Waals surface area contributed by atoms with Crippen molar-refractivity contribution in [1.29, 1.82) is 0 Å². The number of likely N-dealkylation sites (tertiary alicyclic amines) is 2. The van der Waals surface area contributed by atoms with Gasteiger partial charge in [-0.1, -0.05) is 37.6 Å². The van der Waals surface area contributed by atoms with Gasteiger partial charge >= 0.3 is 0 Å².